The molecule has 0 radical (unpaired) electrons. The average Bonchev–Trinajstić information content (AvgIpc) is 3.19. The number of ether oxygens (including phenoxy) is 1. The summed E-state index contributed by atoms with van der Waals surface area (Å²) in [5.74, 6) is -0.0281. The summed E-state index contributed by atoms with van der Waals surface area (Å²) >= 11 is 0. The van der Waals surface area contributed by atoms with Crippen LogP contribution in [0.2, 0.25) is 0 Å². The first-order chi connectivity index (χ1) is 13.9. The van der Waals surface area contributed by atoms with Gasteiger partial charge in [0.1, 0.15) is 5.75 Å². The zero-order valence-corrected chi connectivity index (χ0v) is 18.2. The van der Waals surface area contributed by atoms with Gasteiger partial charge in [0.05, 0.1) is 13.1 Å². The molecule has 3 N–H and O–H groups in total. The number of nitrogens with one attached hydrogen (secondary N) is 1. The fraction of sp³-hybridized carbons (Fsp3) is 0.200. The van der Waals surface area contributed by atoms with Gasteiger partial charge in [-0.3, -0.25) is 4.68 Å². The lowest BCUT2D eigenvalue weighted by Gasteiger charge is -2.11. The normalized spacial score (nSPS) is 11.6. The minimum atomic E-state index is -4.71. The Bertz CT molecular complexity index is 944. The third kappa shape index (κ3) is 7.58. The molecule has 160 valence electrons. The Kier molecular flexibility index (Phi) is 8.51. The Labute approximate surface area is 189 Å². The molecule has 6 nitrogen and oxygen atoms in total. The van der Waals surface area contributed by atoms with Crippen molar-refractivity contribution in [1.82, 2.24) is 15.1 Å². The van der Waals surface area contributed by atoms with E-state index in [4.69, 9.17) is 5.73 Å². The molecule has 0 spiro atoms. The first kappa shape index (κ1) is 23.5. The van der Waals surface area contributed by atoms with Gasteiger partial charge in [-0.05, 0) is 34.9 Å². The molecular weight excluding hydrogens is 510 g/mol. The fourth-order valence-corrected chi connectivity index (χ4v) is 2.67. The lowest BCUT2D eigenvalue weighted by atomic mass is 10.1. The van der Waals surface area contributed by atoms with Crippen molar-refractivity contribution < 1.29 is 17.9 Å². The molecule has 30 heavy (non-hydrogen) atoms. The van der Waals surface area contributed by atoms with E-state index < -0.39 is 6.36 Å². The molecule has 0 atom stereocenters. The van der Waals surface area contributed by atoms with Crippen molar-refractivity contribution >= 4 is 29.9 Å². The van der Waals surface area contributed by atoms with Gasteiger partial charge < -0.3 is 15.8 Å². The third-order valence-corrected chi connectivity index (χ3v) is 4.06. The van der Waals surface area contributed by atoms with Gasteiger partial charge in [-0.1, -0.05) is 36.4 Å². The molecule has 3 aromatic rings. The molecule has 0 aliphatic carbocycles. The Morgan fingerprint density at radius 2 is 1.77 bits per heavy atom. The van der Waals surface area contributed by atoms with E-state index >= 15 is 0 Å². The number of hydrogen-bond donors (Lipinski definition) is 2. The van der Waals surface area contributed by atoms with Gasteiger partial charge in [0.25, 0.3) is 0 Å². The molecular formula is C20H21F3IN5O. The zero-order chi connectivity index (χ0) is 20.7. The minimum absolute atomic E-state index is 0. The Hall–Kier alpha value is -2.76. The molecule has 10 heteroatoms. The van der Waals surface area contributed by atoms with Crippen molar-refractivity contribution in [1.29, 1.82) is 0 Å². The van der Waals surface area contributed by atoms with Gasteiger partial charge in [-0.25, -0.2) is 4.99 Å². The topological polar surface area (TPSA) is 77.5 Å². The maximum absolute atomic E-state index is 12.2. The number of halogens is 4. The molecule has 0 bridgehead atoms. The number of alkyl halides is 3. The van der Waals surface area contributed by atoms with Crippen molar-refractivity contribution in [3.63, 3.8) is 0 Å². The molecule has 1 aromatic heterocycles. The monoisotopic (exact) mass is 531 g/mol. The van der Waals surface area contributed by atoms with Crippen molar-refractivity contribution in [3.8, 4) is 5.75 Å². The Balaban J connectivity index is 0.00000320. The molecule has 0 aliphatic heterocycles. The highest BCUT2D eigenvalue weighted by molar-refractivity contribution is 14.0. The van der Waals surface area contributed by atoms with Crippen LogP contribution in [-0.2, 0) is 19.6 Å². The van der Waals surface area contributed by atoms with E-state index in [-0.39, 0.29) is 42.2 Å². The van der Waals surface area contributed by atoms with Crippen molar-refractivity contribution in [3.05, 3.63) is 83.7 Å². The minimum Gasteiger partial charge on any atom is -0.406 e. The van der Waals surface area contributed by atoms with Crippen LogP contribution in [0.15, 0.2) is 72.0 Å². The second kappa shape index (κ2) is 10.9. The summed E-state index contributed by atoms with van der Waals surface area (Å²) in [6.07, 6.45) is -1.08. The van der Waals surface area contributed by atoms with E-state index in [2.05, 4.69) is 20.1 Å². The number of rotatable bonds is 7. The molecule has 0 unspecified atom stereocenters. The summed E-state index contributed by atoms with van der Waals surface area (Å²) in [5.41, 5.74) is 8.80. The largest absolute Gasteiger partial charge is 0.573 e. The smallest absolute Gasteiger partial charge is 0.406 e. The van der Waals surface area contributed by atoms with Gasteiger partial charge in [-0.2, -0.15) is 5.10 Å². The highest BCUT2D eigenvalue weighted by Gasteiger charge is 2.30. The number of benzene rings is 2. The highest BCUT2D eigenvalue weighted by atomic mass is 127. The molecule has 2 aromatic carbocycles. The number of aliphatic imine (C=N–C) groups is 1. The lowest BCUT2D eigenvalue weighted by molar-refractivity contribution is -0.274. The van der Waals surface area contributed by atoms with Crippen LogP contribution < -0.4 is 15.8 Å². The van der Waals surface area contributed by atoms with E-state index in [1.807, 2.05) is 41.2 Å². The quantitative estimate of drug-likeness (QED) is 0.274. The van der Waals surface area contributed by atoms with Crippen LogP contribution in [-0.4, -0.2) is 22.1 Å². The number of guanidine groups is 1. The number of nitrogens with zero attached hydrogens (tertiary/aromatic N) is 3. The van der Waals surface area contributed by atoms with Gasteiger partial charge in [0.15, 0.2) is 5.96 Å². The summed E-state index contributed by atoms with van der Waals surface area (Å²) in [6.45, 7) is 1.37. The third-order valence-electron chi connectivity index (χ3n) is 4.06. The van der Waals surface area contributed by atoms with Crippen LogP contribution in [0.1, 0.15) is 16.7 Å². The van der Waals surface area contributed by atoms with Gasteiger partial charge >= 0.3 is 6.36 Å². The number of hydrogen-bond acceptors (Lipinski definition) is 3. The van der Waals surface area contributed by atoms with Crippen molar-refractivity contribution in [2.45, 2.75) is 26.0 Å². The van der Waals surface area contributed by atoms with Crippen molar-refractivity contribution in [2.24, 2.45) is 10.7 Å². The summed E-state index contributed by atoms with van der Waals surface area (Å²) in [5, 5.41) is 7.27. The molecule has 0 amide bonds. The predicted molar refractivity (Wildman–Crippen MR) is 118 cm³/mol. The van der Waals surface area contributed by atoms with E-state index in [0.29, 0.717) is 18.7 Å². The average molecular weight is 531 g/mol. The highest BCUT2D eigenvalue weighted by Crippen LogP contribution is 2.22. The van der Waals surface area contributed by atoms with Crippen LogP contribution in [0.4, 0.5) is 13.2 Å². The summed E-state index contributed by atoms with van der Waals surface area (Å²) in [4.78, 5) is 4.22. The van der Waals surface area contributed by atoms with E-state index in [1.54, 1.807) is 6.20 Å². The van der Waals surface area contributed by atoms with Crippen LogP contribution in [0.5, 0.6) is 5.75 Å². The molecule has 0 fully saturated rings. The molecule has 3 rings (SSSR count). The van der Waals surface area contributed by atoms with Gasteiger partial charge in [0, 0.05) is 18.9 Å². The number of nitrogens with two attached hydrogens (primary N) is 1. The first-order valence-electron chi connectivity index (χ1n) is 8.82. The standard InChI is InChI=1S/C20H20F3N5O.HI/c21-20(22,23)29-18-8-6-15(7-9-18)12-25-19(24)26-13-16-4-1-2-5-17(16)14-28-11-3-10-27-28;/h1-11H,12-14H2,(H3,24,25,26);1H. The van der Waals surface area contributed by atoms with Crippen molar-refractivity contribution in [2.75, 3.05) is 0 Å². The van der Waals surface area contributed by atoms with Crippen LogP contribution in [0.25, 0.3) is 0 Å². The fourth-order valence-electron chi connectivity index (χ4n) is 2.67. The second-order valence-electron chi connectivity index (χ2n) is 6.22. The predicted octanol–water partition coefficient (Wildman–Crippen LogP) is 4.05. The second-order valence-corrected chi connectivity index (χ2v) is 6.22. The van der Waals surface area contributed by atoms with E-state index in [1.165, 1.54) is 24.3 Å². The van der Waals surface area contributed by atoms with Gasteiger partial charge in [0.2, 0.25) is 0 Å². The maximum Gasteiger partial charge on any atom is 0.573 e. The number of aromatic nitrogens is 2. The van der Waals surface area contributed by atoms with Crippen LogP contribution in [0, 0.1) is 0 Å². The summed E-state index contributed by atoms with van der Waals surface area (Å²) < 4.78 is 42.2. The van der Waals surface area contributed by atoms with Crippen LogP contribution in [0.3, 0.4) is 0 Å². The Morgan fingerprint density at radius 3 is 2.40 bits per heavy atom. The van der Waals surface area contributed by atoms with E-state index in [9.17, 15) is 13.2 Å². The molecule has 0 saturated heterocycles. The van der Waals surface area contributed by atoms with Crippen LogP contribution >= 0.6 is 24.0 Å². The SMILES string of the molecule is I.NC(=NCc1ccc(OC(F)(F)F)cc1)NCc1ccccc1Cn1cccn1. The van der Waals surface area contributed by atoms with Gasteiger partial charge in [-0.15, -0.1) is 37.1 Å². The molecule has 1 heterocycles. The lowest BCUT2D eigenvalue weighted by Crippen LogP contribution is -2.31. The Morgan fingerprint density at radius 1 is 1.07 bits per heavy atom. The maximum atomic E-state index is 12.2. The summed E-state index contributed by atoms with van der Waals surface area (Å²) in [7, 11) is 0. The first-order valence-corrected chi connectivity index (χ1v) is 8.82. The zero-order valence-electron chi connectivity index (χ0n) is 15.8. The summed E-state index contributed by atoms with van der Waals surface area (Å²) in [6, 6.07) is 15.3. The van der Waals surface area contributed by atoms with E-state index in [0.717, 1.165) is 11.1 Å². The molecule has 0 aliphatic rings. The molecule has 0 saturated carbocycles.